The number of carbonyl (C=O) groups is 1. The standard InChI is InChI=1S/C9H7F3N4O3/c10-9(11,12)5(8(17)18)4-16-14-7(13-15-16)6-2-1-3-19-6/h1-3,5H,4H2,(H,17,18). The molecule has 0 saturated carbocycles. The van der Waals surface area contributed by atoms with Crippen molar-refractivity contribution >= 4 is 5.97 Å². The van der Waals surface area contributed by atoms with Crippen molar-refractivity contribution < 1.29 is 27.5 Å². The van der Waals surface area contributed by atoms with Gasteiger partial charge in [-0.05, 0) is 17.3 Å². The summed E-state index contributed by atoms with van der Waals surface area (Å²) in [5.41, 5.74) is 0. The van der Waals surface area contributed by atoms with Gasteiger partial charge in [-0.25, -0.2) is 0 Å². The van der Waals surface area contributed by atoms with Crippen molar-refractivity contribution in [2.24, 2.45) is 5.92 Å². The Morgan fingerprint density at radius 2 is 2.26 bits per heavy atom. The van der Waals surface area contributed by atoms with Crippen molar-refractivity contribution in [3.63, 3.8) is 0 Å². The smallest absolute Gasteiger partial charge is 0.404 e. The number of hydrogen-bond donors (Lipinski definition) is 1. The van der Waals surface area contributed by atoms with Crippen molar-refractivity contribution in [2.45, 2.75) is 12.7 Å². The van der Waals surface area contributed by atoms with Gasteiger partial charge in [-0.15, -0.1) is 10.2 Å². The van der Waals surface area contributed by atoms with Gasteiger partial charge < -0.3 is 9.52 Å². The van der Waals surface area contributed by atoms with Gasteiger partial charge >= 0.3 is 12.1 Å². The van der Waals surface area contributed by atoms with Crippen LogP contribution < -0.4 is 0 Å². The first kappa shape index (κ1) is 13.1. The van der Waals surface area contributed by atoms with Gasteiger partial charge in [-0.3, -0.25) is 4.79 Å². The summed E-state index contributed by atoms with van der Waals surface area (Å²) in [7, 11) is 0. The van der Waals surface area contributed by atoms with Gasteiger partial charge in [0.1, 0.15) is 0 Å². The predicted molar refractivity (Wildman–Crippen MR) is 52.7 cm³/mol. The van der Waals surface area contributed by atoms with E-state index in [9.17, 15) is 18.0 Å². The number of carboxylic acid groups (broad SMARTS) is 1. The number of rotatable bonds is 4. The summed E-state index contributed by atoms with van der Waals surface area (Å²) >= 11 is 0. The lowest BCUT2D eigenvalue weighted by Gasteiger charge is -2.14. The molecule has 1 unspecified atom stereocenters. The molecule has 2 rings (SSSR count). The molecule has 0 fully saturated rings. The van der Waals surface area contributed by atoms with E-state index in [0.717, 1.165) is 0 Å². The van der Waals surface area contributed by atoms with Crippen LogP contribution in [0.25, 0.3) is 11.6 Å². The molecule has 2 heterocycles. The number of aliphatic carboxylic acids is 1. The molecular weight excluding hydrogens is 269 g/mol. The van der Waals surface area contributed by atoms with E-state index in [0.29, 0.717) is 4.80 Å². The summed E-state index contributed by atoms with van der Waals surface area (Å²) in [4.78, 5) is 11.1. The largest absolute Gasteiger partial charge is 0.481 e. The number of alkyl halides is 3. The zero-order valence-electron chi connectivity index (χ0n) is 9.20. The first-order valence-electron chi connectivity index (χ1n) is 4.99. The summed E-state index contributed by atoms with van der Waals surface area (Å²) in [5, 5.41) is 19.0. The third-order valence-electron chi connectivity index (χ3n) is 2.23. The summed E-state index contributed by atoms with van der Waals surface area (Å²) in [6.45, 7) is -0.952. The predicted octanol–water partition coefficient (Wildman–Crippen LogP) is 1.20. The minimum Gasteiger partial charge on any atom is -0.481 e. The number of hydrogen-bond acceptors (Lipinski definition) is 5. The SMILES string of the molecule is O=C(O)C(Cn1nnc(-c2ccco2)n1)C(F)(F)F. The van der Waals surface area contributed by atoms with Crippen LogP contribution >= 0.6 is 0 Å². The van der Waals surface area contributed by atoms with Crippen molar-refractivity contribution in [3.05, 3.63) is 18.4 Å². The zero-order valence-corrected chi connectivity index (χ0v) is 9.20. The van der Waals surface area contributed by atoms with Crippen LogP contribution in [0.5, 0.6) is 0 Å². The summed E-state index contributed by atoms with van der Waals surface area (Å²) < 4.78 is 42.3. The number of aromatic nitrogens is 4. The van der Waals surface area contributed by atoms with E-state index in [1.165, 1.54) is 12.3 Å². The number of tetrazole rings is 1. The van der Waals surface area contributed by atoms with E-state index in [4.69, 9.17) is 9.52 Å². The van der Waals surface area contributed by atoms with Gasteiger partial charge in [0.25, 0.3) is 0 Å². The van der Waals surface area contributed by atoms with Gasteiger partial charge in [-0.1, -0.05) is 0 Å². The molecule has 1 N–H and O–H groups in total. The molecule has 2 aromatic rings. The summed E-state index contributed by atoms with van der Waals surface area (Å²) in [6, 6.07) is 3.05. The van der Waals surface area contributed by atoms with Gasteiger partial charge in [0.05, 0.1) is 12.8 Å². The fourth-order valence-electron chi connectivity index (χ4n) is 1.31. The Labute approximate surface area is 103 Å². The van der Waals surface area contributed by atoms with Gasteiger partial charge in [-0.2, -0.15) is 18.0 Å². The van der Waals surface area contributed by atoms with Gasteiger partial charge in [0, 0.05) is 0 Å². The number of furan rings is 1. The fraction of sp³-hybridized carbons (Fsp3) is 0.333. The molecule has 0 radical (unpaired) electrons. The molecule has 0 aliphatic carbocycles. The van der Waals surface area contributed by atoms with Crippen molar-refractivity contribution in [3.8, 4) is 11.6 Å². The molecule has 7 nitrogen and oxygen atoms in total. The van der Waals surface area contributed by atoms with E-state index in [1.54, 1.807) is 6.07 Å². The van der Waals surface area contributed by atoms with Crippen molar-refractivity contribution in [1.29, 1.82) is 0 Å². The molecular formula is C9H7F3N4O3. The average molecular weight is 276 g/mol. The Kier molecular flexibility index (Phi) is 3.23. The van der Waals surface area contributed by atoms with Crippen LogP contribution in [0.4, 0.5) is 13.2 Å². The molecule has 0 spiro atoms. The van der Waals surface area contributed by atoms with Crippen LogP contribution in [-0.4, -0.2) is 37.5 Å². The van der Waals surface area contributed by atoms with Crippen LogP contribution in [0.3, 0.4) is 0 Å². The van der Waals surface area contributed by atoms with Gasteiger partial charge in [0.2, 0.25) is 5.82 Å². The summed E-state index contributed by atoms with van der Waals surface area (Å²) in [6.07, 6.45) is -3.55. The topological polar surface area (TPSA) is 94.0 Å². The molecule has 0 amide bonds. The molecule has 0 aromatic carbocycles. The van der Waals surface area contributed by atoms with Crippen LogP contribution in [0, 0.1) is 5.92 Å². The molecule has 0 aliphatic rings. The lowest BCUT2D eigenvalue weighted by Crippen LogP contribution is -2.34. The van der Waals surface area contributed by atoms with Crippen LogP contribution in [0.1, 0.15) is 0 Å². The molecule has 10 heteroatoms. The van der Waals surface area contributed by atoms with Crippen LogP contribution in [0.15, 0.2) is 22.8 Å². The number of carboxylic acids is 1. The Morgan fingerprint density at radius 3 is 2.79 bits per heavy atom. The molecule has 0 saturated heterocycles. The van der Waals surface area contributed by atoms with E-state index >= 15 is 0 Å². The second-order valence-electron chi connectivity index (χ2n) is 3.58. The third-order valence-corrected chi connectivity index (χ3v) is 2.23. The van der Waals surface area contributed by atoms with E-state index in [-0.39, 0.29) is 11.6 Å². The molecule has 0 aliphatic heterocycles. The lowest BCUT2D eigenvalue weighted by atomic mass is 10.1. The Balaban J connectivity index is 2.17. The maximum absolute atomic E-state index is 12.4. The molecule has 102 valence electrons. The third kappa shape index (κ3) is 2.89. The Hall–Kier alpha value is -2.39. The highest BCUT2D eigenvalue weighted by Crippen LogP contribution is 2.27. The zero-order chi connectivity index (χ0) is 14.0. The maximum atomic E-state index is 12.4. The lowest BCUT2D eigenvalue weighted by molar-refractivity contribution is -0.196. The number of halogens is 3. The van der Waals surface area contributed by atoms with E-state index < -0.39 is 24.6 Å². The van der Waals surface area contributed by atoms with Crippen LogP contribution in [0.2, 0.25) is 0 Å². The van der Waals surface area contributed by atoms with Crippen LogP contribution in [-0.2, 0) is 11.3 Å². The highest BCUT2D eigenvalue weighted by Gasteiger charge is 2.45. The maximum Gasteiger partial charge on any atom is 0.404 e. The molecule has 0 bridgehead atoms. The number of nitrogens with zero attached hydrogens (tertiary/aromatic N) is 4. The first-order chi connectivity index (χ1) is 8.88. The Morgan fingerprint density at radius 1 is 1.53 bits per heavy atom. The molecule has 19 heavy (non-hydrogen) atoms. The highest BCUT2D eigenvalue weighted by molar-refractivity contribution is 5.70. The van der Waals surface area contributed by atoms with E-state index in [1.807, 2.05) is 0 Å². The van der Waals surface area contributed by atoms with Gasteiger partial charge in [0.15, 0.2) is 11.7 Å². The molecule has 1 atom stereocenters. The molecule has 2 aromatic heterocycles. The second kappa shape index (κ2) is 4.71. The van der Waals surface area contributed by atoms with Crippen molar-refractivity contribution in [1.82, 2.24) is 20.2 Å². The monoisotopic (exact) mass is 276 g/mol. The average Bonchev–Trinajstić information content (AvgIpc) is 2.94. The minimum atomic E-state index is -4.88. The Bertz CT molecular complexity index is 564. The first-order valence-corrected chi connectivity index (χ1v) is 4.99. The quantitative estimate of drug-likeness (QED) is 0.901. The normalized spacial score (nSPS) is 13.4. The summed E-state index contributed by atoms with van der Waals surface area (Å²) in [5.74, 6) is -4.38. The highest BCUT2D eigenvalue weighted by atomic mass is 19.4. The van der Waals surface area contributed by atoms with Crippen molar-refractivity contribution in [2.75, 3.05) is 0 Å². The second-order valence-corrected chi connectivity index (χ2v) is 3.58. The fourth-order valence-corrected chi connectivity index (χ4v) is 1.31. The van der Waals surface area contributed by atoms with E-state index in [2.05, 4.69) is 15.4 Å². The minimum absolute atomic E-state index is 0.0173.